The predicted molar refractivity (Wildman–Crippen MR) is 114 cm³/mol. The summed E-state index contributed by atoms with van der Waals surface area (Å²) in [6, 6.07) is 14.6. The topological polar surface area (TPSA) is 125 Å². The number of aliphatic hydroxyl groups is 1. The number of amides is 2. The first-order valence-corrected chi connectivity index (χ1v) is 10.0. The Morgan fingerprint density at radius 1 is 1.03 bits per heavy atom. The second-order valence-corrected chi connectivity index (χ2v) is 7.95. The van der Waals surface area contributed by atoms with Gasteiger partial charge in [-0.05, 0) is 36.1 Å². The van der Waals surface area contributed by atoms with E-state index in [-0.39, 0.29) is 18.9 Å². The molecule has 8 heteroatoms. The minimum absolute atomic E-state index is 0.0970. The average molecular weight is 426 g/mol. The summed E-state index contributed by atoms with van der Waals surface area (Å²) in [6.45, 7) is 2.60. The quantitative estimate of drug-likeness (QED) is 0.513. The number of carbonyl (C=O) groups is 3. The summed E-state index contributed by atoms with van der Waals surface area (Å²) < 4.78 is 5.44. The predicted octanol–water partition coefficient (Wildman–Crippen LogP) is 2.26. The fourth-order valence-electron chi connectivity index (χ4n) is 3.67. The van der Waals surface area contributed by atoms with Crippen molar-refractivity contribution >= 4 is 18.0 Å². The van der Waals surface area contributed by atoms with Crippen LogP contribution in [-0.2, 0) is 14.3 Å². The highest BCUT2D eigenvalue weighted by Crippen LogP contribution is 2.44. The van der Waals surface area contributed by atoms with Crippen molar-refractivity contribution in [3.05, 3.63) is 59.7 Å². The van der Waals surface area contributed by atoms with Gasteiger partial charge in [0.1, 0.15) is 18.2 Å². The van der Waals surface area contributed by atoms with Crippen molar-refractivity contribution in [3.63, 3.8) is 0 Å². The number of carboxylic acid groups (broad SMARTS) is 1. The summed E-state index contributed by atoms with van der Waals surface area (Å²) in [7, 11) is 0. The third-order valence-corrected chi connectivity index (χ3v) is 5.35. The number of rotatable bonds is 8. The molecular weight excluding hydrogens is 400 g/mol. The molecule has 31 heavy (non-hydrogen) atoms. The van der Waals surface area contributed by atoms with Crippen molar-refractivity contribution in [1.29, 1.82) is 0 Å². The number of benzene rings is 2. The zero-order chi connectivity index (χ0) is 22.6. The third-order valence-electron chi connectivity index (χ3n) is 5.35. The lowest BCUT2D eigenvalue weighted by atomic mass is 9.98. The molecule has 1 aliphatic carbocycles. The molecule has 4 N–H and O–H groups in total. The van der Waals surface area contributed by atoms with Crippen LogP contribution in [0.25, 0.3) is 11.1 Å². The molecule has 2 amide bonds. The van der Waals surface area contributed by atoms with Crippen LogP contribution < -0.4 is 10.6 Å². The van der Waals surface area contributed by atoms with Crippen LogP contribution >= 0.6 is 0 Å². The van der Waals surface area contributed by atoms with Gasteiger partial charge in [-0.15, -0.1) is 0 Å². The number of aliphatic hydroxyl groups excluding tert-OH is 1. The highest BCUT2D eigenvalue weighted by molar-refractivity contribution is 5.92. The normalized spacial score (nSPS) is 13.6. The van der Waals surface area contributed by atoms with E-state index < -0.39 is 36.2 Å². The molecule has 2 aromatic carbocycles. The number of aliphatic carboxylic acids is 1. The molecule has 0 heterocycles. The van der Waals surface area contributed by atoms with Gasteiger partial charge in [-0.25, -0.2) is 9.59 Å². The molecule has 1 aliphatic rings. The molecule has 0 bridgehead atoms. The summed E-state index contributed by atoms with van der Waals surface area (Å²) in [5.41, 5.74) is 2.94. The monoisotopic (exact) mass is 426 g/mol. The highest BCUT2D eigenvalue weighted by Gasteiger charge is 2.34. The van der Waals surface area contributed by atoms with Crippen LogP contribution in [0.5, 0.6) is 0 Å². The van der Waals surface area contributed by atoms with Crippen molar-refractivity contribution in [3.8, 4) is 11.1 Å². The highest BCUT2D eigenvalue weighted by atomic mass is 16.5. The van der Waals surface area contributed by atoms with Crippen LogP contribution in [0.3, 0.4) is 0 Å². The van der Waals surface area contributed by atoms with E-state index in [2.05, 4.69) is 10.6 Å². The maximum absolute atomic E-state index is 12.5. The smallest absolute Gasteiger partial charge is 0.408 e. The lowest BCUT2D eigenvalue weighted by Gasteiger charge is -2.27. The minimum atomic E-state index is -1.41. The van der Waals surface area contributed by atoms with Gasteiger partial charge in [0.15, 0.2) is 0 Å². The molecule has 3 rings (SSSR count). The van der Waals surface area contributed by atoms with Crippen molar-refractivity contribution in [2.24, 2.45) is 0 Å². The molecule has 0 aromatic heterocycles. The lowest BCUT2D eigenvalue weighted by Crippen LogP contribution is -2.58. The van der Waals surface area contributed by atoms with E-state index in [1.807, 2.05) is 48.5 Å². The fourth-order valence-corrected chi connectivity index (χ4v) is 3.67. The number of carboxylic acids is 1. The first-order chi connectivity index (χ1) is 14.7. The summed E-state index contributed by atoms with van der Waals surface area (Å²) in [4.78, 5) is 36.1. The van der Waals surface area contributed by atoms with Gasteiger partial charge in [-0.1, -0.05) is 48.5 Å². The van der Waals surface area contributed by atoms with Gasteiger partial charge in [-0.2, -0.15) is 0 Å². The minimum Gasteiger partial charge on any atom is -0.480 e. The molecule has 0 radical (unpaired) electrons. The number of alkyl carbamates (subject to hydrolysis) is 1. The van der Waals surface area contributed by atoms with E-state index in [4.69, 9.17) is 14.9 Å². The number of hydrogen-bond donors (Lipinski definition) is 4. The fraction of sp³-hybridized carbons (Fsp3) is 0.348. The number of ether oxygens (including phenoxy) is 1. The van der Waals surface area contributed by atoms with Crippen LogP contribution in [0.4, 0.5) is 4.79 Å². The Bertz CT molecular complexity index is 942. The maximum atomic E-state index is 12.5. The van der Waals surface area contributed by atoms with E-state index in [9.17, 15) is 14.4 Å². The molecule has 0 saturated carbocycles. The summed E-state index contributed by atoms with van der Waals surface area (Å²) in [6.07, 6.45) is -0.918. The van der Waals surface area contributed by atoms with E-state index in [1.54, 1.807) is 0 Å². The molecule has 164 valence electrons. The van der Waals surface area contributed by atoms with Gasteiger partial charge >= 0.3 is 12.1 Å². The Kier molecular flexibility index (Phi) is 6.60. The molecule has 8 nitrogen and oxygen atoms in total. The van der Waals surface area contributed by atoms with Gasteiger partial charge in [0.2, 0.25) is 5.91 Å². The molecule has 1 atom stereocenters. The zero-order valence-electron chi connectivity index (χ0n) is 17.4. The Balaban J connectivity index is 1.63. The molecular formula is C23H26N2O6. The second kappa shape index (κ2) is 9.18. The van der Waals surface area contributed by atoms with Gasteiger partial charge < -0.3 is 25.6 Å². The largest absolute Gasteiger partial charge is 0.480 e. The average Bonchev–Trinajstić information content (AvgIpc) is 3.05. The summed E-state index contributed by atoms with van der Waals surface area (Å²) in [5.74, 6) is -2.07. The molecule has 0 spiro atoms. The van der Waals surface area contributed by atoms with Crippen molar-refractivity contribution in [1.82, 2.24) is 10.6 Å². The third kappa shape index (κ3) is 4.86. The lowest BCUT2D eigenvalue weighted by molar-refractivity contribution is -0.143. The number of fused-ring (bicyclic) bond motifs is 3. The molecule has 0 fully saturated rings. The van der Waals surface area contributed by atoms with E-state index in [0.717, 1.165) is 22.3 Å². The Hall–Kier alpha value is -3.39. The summed E-state index contributed by atoms with van der Waals surface area (Å²) >= 11 is 0. The van der Waals surface area contributed by atoms with E-state index in [0.29, 0.717) is 0 Å². The number of nitrogens with one attached hydrogen (secondary N) is 2. The van der Waals surface area contributed by atoms with Gasteiger partial charge in [0.05, 0.1) is 0 Å². The van der Waals surface area contributed by atoms with E-state index in [1.165, 1.54) is 13.8 Å². The molecule has 1 unspecified atom stereocenters. The van der Waals surface area contributed by atoms with E-state index >= 15 is 0 Å². The second-order valence-electron chi connectivity index (χ2n) is 7.95. The molecule has 0 saturated heterocycles. The van der Waals surface area contributed by atoms with Crippen LogP contribution in [-0.4, -0.2) is 53.0 Å². The van der Waals surface area contributed by atoms with Gasteiger partial charge in [0.25, 0.3) is 0 Å². The first kappa shape index (κ1) is 22.3. The molecule has 2 aromatic rings. The Morgan fingerprint density at radius 2 is 1.58 bits per heavy atom. The van der Waals surface area contributed by atoms with Crippen molar-refractivity contribution in [2.45, 2.75) is 37.8 Å². The number of carbonyl (C=O) groups excluding carboxylic acids is 2. The zero-order valence-corrected chi connectivity index (χ0v) is 17.4. The van der Waals surface area contributed by atoms with Gasteiger partial charge in [-0.3, -0.25) is 4.79 Å². The van der Waals surface area contributed by atoms with Crippen molar-refractivity contribution in [2.75, 3.05) is 13.2 Å². The summed E-state index contributed by atoms with van der Waals surface area (Å²) in [5, 5.41) is 22.9. The Labute approximate surface area is 180 Å². The molecule has 0 aliphatic heterocycles. The van der Waals surface area contributed by atoms with Crippen LogP contribution in [0, 0.1) is 0 Å². The standard InChI is InChI=1S/C23H26N2O6/c1-23(2,21(29)24-19(11-12-26)20(27)28)25-22(30)31-13-18-16-9-5-3-7-14(16)15-8-4-6-10-17(15)18/h3-10,18-19,26H,11-13H2,1-2H3,(H,24,29)(H,25,30)(H,27,28). The van der Waals surface area contributed by atoms with Crippen LogP contribution in [0.15, 0.2) is 48.5 Å². The SMILES string of the molecule is CC(C)(NC(=O)OCC1c2ccccc2-c2ccccc21)C(=O)NC(CCO)C(=O)O. The first-order valence-electron chi connectivity index (χ1n) is 10.0. The van der Waals surface area contributed by atoms with Crippen molar-refractivity contribution < 1.29 is 29.3 Å². The van der Waals surface area contributed by atoms with Gasteiger partial charge in [0, 0.05) is 18.9 Å². The maximum Gasteiger partial charge on any atom is 0.408 e. The van der Waals surface area contributed by atoms with Crippen LogP contribution in [0.2, 0.25) is 0 Å². The Morgan fingerprint density at radius 3 is 2.10 bits per heavy atom. The number of hydrogen-bond acceptors (Lipinski definition) is 5. The van der Waals surface area contributed by atoms with Crippen LogP contribution in [0.1, 0.15) is 37.3 Å².